The number of Topliss-reactive ketones (excluding diaryl/α,β-unsaturated/α-hetero) is 1. The van der Waals surface area contributed by atoms with Crippen molar-refractivity contribution >= 4 is 17.1 Å². The van der Waals surface area contributed by atoms with Crippen LogP contribution in [0.25, 0.3) is 0 Å². The summed E-state index contributed by atoms with van der Waals surface area (Å²) >= 11 is 1.40. The van der Waals surface area contributed by atoms with E-state index < -0.39 is 6.10 Å². The van der Waals surface area contributed by atoms with Gasteiger partial charge in [-0.15, -0.1) is 11.3 Å². The van der Waals surface area contributed by atoms with Crippen molar-refractivity contribution < 1.29 is 20.0 Å². The van der Waals surface area contributed by atoms with Gasteiger partial charge in [-0.3, -0.25) is 4.79 Å². The Labute approximate surface area is 147 Å². The standard InChI is InChI=1S/C19H25NO3S/c1-2-11-20-13-16(21)14-23-18-10-12-24-19(18)17(22)9-8-15-6-4-3-5-7-15/h3-7,10,12,16,20-21H,2,8-9,11,13-14H2,1H3/p+1/t16-/m0/s1. The molecular weight excluding hydrogens is 322 g/mol. The third-order valence-corrected chi connectivity index (χ3v) is 4.67. The van der Waals surface area contributed by atoms with Crippen LogP contribution in [0.1, 0.15) is 35.0 Å². The van der Waals surface area contributed by atoms with Gasteiger partial charge < -0.3 is 15.2 Å². The molecule has 0 unspecified atom stereocenters. The van der Waals surface area contributed by atoms with Crippen LogP contribution in [0, 0.1) is 0 Å². The van der Waals surface area contributed by atoms with E-state index in [4.69, 9.17) is 4.74 Å². The van der Waals surface area contributed by atoms with E-state index in [1.54, 1.807) is 0 Å². The number of nitrogens with two attached hydrogens (primary N) is 1. The van der Waals surface area contributed by atoms with Crippen molar-refractivity contribution in [1.29, 1.82) is 0 Å². The van der Waals surface area contributed by atoms with Gasteiger partial charge in [0.1, 0.15) is 29.9 Å². The van der Waals surface area contributed by atoms with Gasteiger partial charge in [0.05, 0.1) is 6.54 Å². The number of carbonyl (C=O) groups excluding carboxylic acids is 1. The van der Waals surface area contributed by atoms with Crippen molar-refractivity contribution in [2.24, 2.45) is 0 Å². The van der Waals surface area contributed by atoms with Gasteiger partial charge >= 0.3 is 0 Å². The zero-order valence-corrected chi connectivity index (χ0v) is 14.9. The molecule has 2 aromatic rings. The van der Waals surface area contributed by atoms with Gasteiger partial charge in [0.15, 0.2) is 5.78 Å². The summed E-state index contributed by atoms with van der Waals surface area (Å²) in [5.74, 6) is 0.684. The fraction of sp³-hybridized carbons (Fsp3) is 0.421. The Bertz CT molecular complexity index is 612. The predicted molar refractivity (Wildman–Crippen MR) is 96.9 cm³/mol. The van der Waals surface area contributed by atoms with E-state index in [1.165, 1.54) is 11.3 Å². The van der Waals surface area contributed by atoms with Crippen molar-refractivity contribution in [3.8, 4) is 5.75 Å². The number of carbonyl (C=O) groups is 1. The fourth-order valence-corrected chi connectivity index (χ4v) is 3.20. The second-order valence-electron chi connectivity index (χ2n) is 5.80. The van der Waals surface area contributed by atoms with Crippen molar-refractivity contribution in [3.05, 3.63) is 52.2 Å². The zero-order valence-electron chi connectivity index (χ0n) is 14.1. The highest BCUT2D eigenvalue weighted by atomic mass is 32.1. The Morgan fingerprint density at radius 3 is 2.83 bits per heavy atom. The number of hydrogen-bond donors (Lipinski definition) is 2. The summed E-state index contributed by atoms with van der Waals surface area (Å²) in [6, 6.07) is 11.8. The van der Waals surface area contributed by atoms with E-state index in [2.05, 4.69) is 12.2 Å². The predicted octanol–water partition coefficient (Wildman–Crippen LogP) is 2.28. The number of ketones is 1. The van der Waals surface area contributed by atoms with E-state index >= 15 is 0 Å². The Balaban J connectivity index is 1.81. The molecule has 0 aliphatic heterocycles. The summed E-state index contributed by atoms with van der Waals surface area (Å²) in [7, 11) is 0. The largest absolute Gasteiger partial charge is 0.489 e. The number of quaternary nitrogens is 1. The van der Waals surface area contributed by atoms with Gasteiger partial charge in [0.25, 0.3) is 0 Å². The van der Waals surface area contributed by atoms with Gasteiger partial charge in [0.2, 0.25) is 0 Å². The Morgan fingerprint density at radius 2 is 2.08 bits per heavy atom. The first-order valence-corrected chi connectivity index (χ1v) is 9.35. The van der Waals surface area contributed by atoms with E-state index in [9.17, 15) is 9.90 Å². The average molecular weight is 348 g/mol. The van der Waals surface area contributed by atoms with Crippen LogP contribution in [-0.2, 0) is 6.42 Å². The number of thiophene rings is 1. The zero-order chi connectivity index (χ0) is 17.2. The third kappa shape index (κ3) is 6.07. The van der Waals surface area contributed by atoms with Crippen molar-refractivity contribution in [2.45, 2.75) is 32.3 Å². The lowest BCUT2D eigenvalue weighted by atomic mass is 10.1. The van der Waals surface area contributed by atoms with Crippen LogP contribution >= 0.6 is 11.3 Å². The second-order valence-corrected chi connectivity index (χ2v) is 6.72. The highest BCUT2D eigenvalue weighted by Gasteiger charge is 2.16. The van der Waals surface area contributed by atoms with Crippen molar-refractivity contribution in [2.75, 3.05) is 19.7 Å². The smallest absolute Gasteiger partial charge is 0.176 e. The van der Waals surface area contributed by atoms with Gasteiger partial charge in [0, 0.05) is 6.42 Å². The molecule has 0 spiro atoms. The molecule has 5 heteroatoms. The highest BCUT2D eigenvalue weighted by Crippen LogP contribution is 2.27. The summed E-state index contributed by atoms with van der Waals surface area (Å²) in [5, 5.41) is 13.9. The van der Waals surface area contributed by atoms with Gasteiger partial charge in [-0.25, -0.2) is 0 Å². The molecule has 1 aromatic carbocycles. The third-order valence-electron chi connectivity index (χ3n) is 3.73. The monoisotopic (exact) mass is 348 g/mol. The quantitative estimate of drug-likeness (QED) is 0.484. The minimum atomic E-state index is -0.524. The first-order chi connectivity index (χ1) is 11.7. The average Bonchev–Trinajstić information content (AvgIpc) is 3.08. The van der Waals surface area contributed by atoms with Crippen LogP contribution < -0.4 is 10.1 Å². The molecule has 0 bridgehead atoms. The molecule has 0 fully saturated rings. The molecule has 0 aliphatic carbocycles. The number of ether oxygens (including phenoxy) is 1. The molecule has 0 saturated carbocycles. The van der Waals surface area contributed by atoms with Gasteiger partial charge in [-0.1, -0.05) is 37.3 Å². The van der Waals surface area contributed by atoms with E-state index in [1.807, 2.05) is 41.8 Å². The first kappa shape index (κ1) is 18.6. The van der Waals surface area contributed by atoms with Crippen LogP contribution in [0.5, 0.6) is 5.75 Å². The lowest BCUT2D eigenvalue weighted by Crippen LogP contribution is -2.86. The summed E-state index contributed by atoms with van der Waals surface area (Å²) in [5.41, 5.74) is 1.16. The van der Waals surface area contributed by atoms with E-state index in [-0.39, 0.29) is 12.4 Å². The molecular formula is C19H26NO3S+. The normalized spacial score (nSPS) is 12.1. The highest BCUT2D eigenvalue weighted by molar-refractivity contribution is 7.12. The van der Waals surface area contributed by atoms with Gasteiger partial charge in [-0.2, -0.15) is 0 Å². The molecule has 0 radical (unpaired) electrons. The van der Waals surface area contributed by atoms with Crippen LogP contribution in [-0.4, -0.2) is 36.7 Å². The Kier molecular flexibility index (Phi) is 7.95. The number of aryl methyl sites for hydroxylation is 1. The molecule has 0 saturated heterocycles. The maximum absolute atomic E-state index is 12.4. The molecule has 130 valence electrons. The summed E-state index contributed by atoms with van der Waals surface area (Å²) < 4.78 is 5.66. The molecule has 1 heterocycles. The molecule has 0 amide bonds. The SMILES string of the molecule is CCC[NH2+]C[C@H](O)COc1ccsc1C(=O)CCc1ccccc1. The fourth-order valence-electron chi connectivity index (χ4n) is 2.40. The number of aliphatic hydroxyl groups excluding tert-OH is 1. The number of rotatable bonds is 11. The molecule has 1 atom stereocenters. The number of benzene rings is 1. The summed E-state index contributed by atoms with van der Waals surface area (Å²) in [4.78, 5) is 13.1. The van der Waals surface area contributed by atoms with Crippen LogP contribution in [0.3, 0.4) is 0 Å². The second kappa shape index (κ2) is 10.2. The topological polar surface area (TPSA) is 63.1 Å². The minimum absolute atomic E-state index is 0.0934. The Morgan fingerprint density at radius 1 is 1.29 bits per heavy atom. The van der Waals surface area contributed by atoms with Crippen LogP contribution in [0.4, 0.5) is 0 Å². The van der Waals surface area contributed by atoms with E-state index in [0.29, 0.717) is 23.6 Å². The minimum Gasteiger partial charge on any atom is -0.489 e. The molecule has 3 N–H and O–H groups in total. The molecule has 24 heavy (non-hydrogen) atoms. The molecule has 2 rings (SSSR count). The molecule has 4 nitrogen and oxygen atoms in total. The van der Waals surface area contributed by atoms with E-state index in [0.717, 1.165) is 24.9 Å². The Hall–Kier alpha value is -1.69. The van der Waals surface area contributed by atoms with Crippen LogP contribution in [0.15, 0.2) is 41.8 Å². The number of hydrogen-bond acceptors (Lipinski definition) is 4. The summed E-state index contributed by atoms with van der Waals surface area (Å²) in [6.45, 7) is 3.95. The number of aliphatic hydroxyl groups is 1. The lowest BCUT2D eigenvalue weighted by Gasteiger charge is -2.11. The maximum atomic E-state index is 12.4. The van der Waals surface area contributed by atoms with Crippen LogP contribution in [0.2, 0.25) is 0 Å². The summed E-state index contributed by atoms with van der Waals surface area (Å²) in [6.07, 6.45) is 1.75. The molecule has 0 aliphatic rings. The maximum Gasteiger partial charge on any atom is 0.176 e. The first-order valence-electron chi connectivity index (χ1n) is 8.47. The van der Waals surface area contributed by atoms with Crippen molar-refractivity contribution in [3.63, 3.8) is 0 Å². The van der Waals surface area contributed by atoms with Crippen molar-refractivity contribution in [1.82, 2.24) is 0 Å². The lowest BCUT2D eigenvalue weighted by molar-refractivity contribution is -0.661. The van der Waals surface area contributed by atoms with Gasteiger partial charge in [-0.05, 0) is 29.9 Å². The molecule has 1 aromatic heterocycles.